The third-order valence-corrected chi connectivity index (χ3v) is 3.48. The molecule has 1 aliphatic rings. The number of halogens is 1. The fraction of sp³-hybridized carbons (Fsp3) is 0.231. The number of carbonyl (C=O) groups excluding carboxylic acids is 1. The first-order chi connectivity index (χ1) is 8.66. The van der Waals surface area contributed by atoms with E-state index in [1.807, 2.05) is 19.2 Å². The van der Waals surface area contributed by atoms with Gasteiger partial charge in [0, 0.05) is 43.2 Å². The average Bonchev–Trinajstić information content (AvgIpc) is 2.69. The van der Waals surface area contributed by atoms with Gasteiger partial charge in [-0.3, -0.25) is 4.79 Å². The Hall–Kier alpha value is -1.81. The molecule has 0 aromatic carbocycles. The second-order valence-corrected chi connectivity index (χ2v) is 4.71. The van der Waals surface area contributed by atoms with Gasteiger partial charge in [0.2, 0.25) is 0 Å². The molecule has 3 heterocycles. The van der Waals surface area contributed by atoms with Crippen molar-refractivity contribution in [2.75, 3.05) is 6.54 Å². The van der Waals surface area contributed by atoms with Crippen molar-refractivity contribution >= 4 is 17.5 Å². The Morgan fingerprint density at radius 2 is 2.28 bits per heavy atom. The van der Waals surface area contributed by atoms with Crippen molar-refractivity contribution in [2.24, 2.45) is 7.05 Å². The van der Waals surface area contributed by atoms with E-state index in [4.69, 9.17) is 11.6 Å². The molecule has 3 rings (SSSR count). The van der Waals surface area contributed by atoms with Crippen LogP contribution in [0.2, 0.25) is 5.15 Å². The normalized spacial score (nSPS) is 14.2. The lowest BCUT2D eigenvalue weighted by atomic mass is 10.1. The van der Waals surface area contributed by atoms with Crippen LogP contribution in [0.3, 0.4) is 0 Å². The van der Waals surface area contributed by atoms with Gasteiger partial charge in [-0.15, -0.1) is 0 Å². The highest BCUT2D eigenvalue weighted by Gasteiger charge is 2.22. The SMILES string of the molecule is Cn1c(-c2ccnc(Cl)c2)cc2c1CCNC2=O. The highest BCUT2D eigenvalue weighted by molar-refractivity contribution is 6.29. The molecule has 2 aromatic rings. The summed E-state index contributed by atoms with van der Waals surface area (Å²) in [6, 6.07) is 5.61. The Bertz CT molecular complexity index is 633. The molecular weight excluding hydrogens is 250 g/mol. The predicted molar refractivity (Wildman–Crippen MR) is 69.7 cm³/mol. The lowest BCUT2D eigenvalue weighted by Gasteiger charge is -2.14. The highest BCUT2D eigenvalue weighted by atomic mass is 35.5. The van der Waals surface area contributed by atoms with Crippen LogP contribution in [-0.4, -0.2) is 22.0 Å². The van der Waals surface area contributed by atoms with Crippen molar-refractivity contribution in [2.45, 2.75) is 6.42 Å². The Labute approximate surface area is 110 Å². The van der Waals surface area contributed by atoms with E-state index in [1.165, 1.54) is 0 Å². The summed E-state index contributed by atoms with van der Waals surface area (Å²) in [6.07, 6.45) is 2.53. The Morgan fingerprint density at radius 3 is 3.00 bits per heavy atom. The summed E-state index contributed by atoms with van der Waals surface area (Å²) in [5, 5.41) is 3.31. The lowest BCUT2D eigenvalue weighted by Crippen LogP contribution is -2.31. The summed E-state index contributed by atoms with van der Waals surface area (Å²) in [5.74, 6) is -0.00162. The third-order valence-electron chi connectivity index (χ3n) is 3.27. The number of hydrogen-bond acceptors (Lipinski definition) is 2. The van der Waals surface area contributed by atoms with E-state index in [2.05, 4.69) is 14.9 Å². The Balaban J connectivity index is 2.17. The molecule has 92 valence electrons. The third kappa shape index (κ3) is 1.69. The van der Waals surface area contributed by atoms with Crippen molar-refractivity contribution in [1.29, 1.82) is 0 Å². The van der Waals surface area contributed by atoms with Crippen molar-refractivity contribution in [3.63, 3.8) is 0 Å². The molecular formula is C13H12ClN3O. The molecule has 18 heavy (non-hydrogen) atoms. The van der Waals surface area contributed by atoms with E-state index in [0.29, 0.717) is 11.7 Å². The van der Waals surface area contributed by atoms with Crippen LogP contribution in [0.25, 0.3) is 11.3 Å². The van der Waals surface area contributed by atoms with E-state index in [0.717, 1.165) is 28.9 Å². The van der Waals surface area contributed by atoms with Crippen LogP contribution >= 0.6 is 11.6 Å². The van der Waals surface area contributed by atoms with Crippen molar-refractivity contribution in [1.82, 2.24) is 14.9 Å². The molecule has 0 spiro atoms. The molecule has 0 bridgehead atoms. The zero-order valence-corrected chi connectivity index (χ0v) is 10.7. The minimum Gasteiger partial charge on any atom is -0.352 e. The van der Waals surface area contributed by atoms with E-state index in [1.54, 1.807) is 12.3 Å². The molecule has 0 saturated carbocycles. The molecule has 0 radical (unpaired) electrons. The van der Waals surface area contributed by atoms with Gasteiger partial charge in [-0.05, 0) is 18.2 Å². The first kappa shape index (κ1) is 11.3. The maximum Gasteiger partial charge on any atom is 0.253 e. The quantitative estimate of drug-likeness (QED) is 0.799. The molecule has 5 heteroatoms. The van der Waals surface area contributed by atoms with Crippen LogP contribution in [0.1, 0.15) is 16.1 Å². The van der Waals surface area contributed by atoms with Gasteiger partial charge in [-0.2, -0.15) is 0 Å². The summed E-state index contributed by atoms with van der Waals surface area (Å²) >= 11 is 5.90. The second-order valence-electron chi connectivity index (χ2n) is 4.32. The number of nitrogens with one attached hydrogen (secondary N) is 1. The summed E-state index contributed by atoms with van der Waals surface area (Å²) < 4.78 is 2.06. The van der Waals surface area contributed by atoms with Gasteiger partial charge in [0.25, 0.3) is 5.91 Å². The Kier molecular flexibility index (Phi) is 2.59. The van der Waals surface area contributed by atoms with Crippen molar-refractivity contribution in [3.05, 3.63) is 40.8 Å². The van der Waals surface area contributed by atoms with Gasteiger partial charge in [0.1, 0.15) is 5.15 Å². The van der Waals surface area contributed by atoms with E-state index >= 15 is 0 Å². The summed E-state index contributed by atoms with van der Waals surface area (Å²) in [5.41, 5.74) is 3.79. The maximum atomic E-state index is 11.8. The molecule has 1 N–H and O–H groups in total. The number of carbonyl (C=O) groups is 1. The van der Waals surface area contributed by atoms with Crippen LogP contribution in [0, 0.1) is 0 Å². The highest BCUT2D eigenvalue weighted by Crippen LogP contribution is 2.27. The van der Waals surface area contributed by atoms with E-state index in [-0.39, 0.29) is 5.91 Å². The monoisotopic (exact) mass is 261 g/mol. The summed E-state index contributed by atoms with van der Waals surface area (Å²) in [6.45, 7) is 0.695. The van der Waals surface area contributed by atoms with Gasteiger partial charge >= 0.3 is 0 Å². The predicted octanol–water partition coefficient (Wildman–Crippen LogP) is 2.03. The smallest absolute Gasteiger partial charge is 0.253 e. The molecule has 4 nitrogen and oxygen atoms in total. The van der Waals surface area contributed by atoms with Crippen LogP contribution < -0.4 is 5.32 Å². The summed E-state index contributed by atoms with van der Waals surface area (Å²) in [4.78, 5) is 15.8. The number of aromatic nitrogens is 2. The number of nitrogens with zero attached hydrogens (tertiary/aromatic N) is 2. The van der Waals surface area contributed by atoms with Crippen LogP contribution in [0.4, 0.5) is 0 Å². The minimum atomic E-state index is -0.00162. The number of hydrogen-bond donors (Lipinski definition) is 1. The number of amides is 1. The van der Waals surface area contributed by atoms with Gasteiger partial charge in [0.05, 0.1) is 5.56 Å². The maximum absolute atomic E-state index is 11.8. The molecule has 0 aliphatic carbocycles. The largest absolute Gasteiger partial charge is 0.352 e. The van der Waals surface area contributed by atoms with E-state index < -0.39 is 0 Å². The molecule has 1 aliphatic heterocycles. The topological polar surface area (TPSA) is 46.9 Å². The fourth-order valence-corrected chi connectivity index (χ4v) is 2.54. The van der Waals surface area contributed by atoms with Gasteiger partial charge < -0.3 is 9.88 Å². The first-order valence-corrected chi connectivity index (χ1v) is 6.13. The number of fused-ring (bicyclic) bond motifs is 1. The van der Waals surface area contributed by atoms with Gasteiger partial charge in [-0.25, -0.2) is 4.98 Å². The molecule has 0 atom stereocenters. The minimum absolute atomic E-state index is 0.00162. The van der Waals surface area contributed by atoms with Crippen molar-refractivity contribution < 1.29 is 4.79 Å². The van der Waals surface area contributed by atoms with Crippen LogP contribution in [0.15, 0.2) is 24.4 Å². The molecule has 0 unspecified atom stereocenters. The molecule has 0 saturated heterocycles. The van der Waals surface area contributed by atoms with Gasteiger partial charge in [-0.1, -0.05) is 11.6 Å². The number of pyridine rings is 1. The first-order valence-electron chi connectivity index (χ1n) is 5.75. The standard InChI is InChI=1S/C13H12ClN3O/c1-17-10-3-5-16-13(18)9(10)7-11(17)8-2-4-15-12(14)6-8/h2,4,6-7H,3,5H2,1H3,(H,16,18). The Morgan fingerprint density at radius 1 is 1.44 bits per heavy atom. The number of rotatable bonds is 1. The molecule has 2 aromatic heterocycles. The average molecular weight is 262 g/mol. The molecule has 0 fully saturated rings. The van der Waals surface area contributed by atoms with Crippen LogP contribution in [0.5, 0.6) is 0 Å². The van der Waals surface area contributed by atoms with E-state index in [9.17, 15) is 4.79 Å². The molecule has 1 amide bonds. The van der Waals surface area contributed by atoms with Crippen LogP contribution in [-0.2, 0) is 13.5 Å². The lowest BCUT2D eigenvalue weighted by molar-refractivity contribution is 0.0945. The van der Waals surface area contributed by atoms with Gasteiger partial charge in [0.15, 0.2) is 0 Å². The van der Waals surface area contributed by atoms with Crippen molar-refractivity contribution in [3.8, 4) is 11.3 Å². The zero-order chi connectivity index (χ0) is 12.7. The zero-order valence-electron chi connectivity index (χ0n) is 9.90. The fourth-order valence-electron chi connectivity index (χ4n) is 2.37. The second kappa shape index (κ2) is 4.14. The summed E-state index contributed by atoms with van der Waals surface area (Å²) in [7, 11) is 1.97.